The second-order valence-electron chi connectivity index (χ2n) is 32.5. The number of carbonyl (C=O) groups is 1. The third-order valence-electron chi connectivity index (χ3n) is 29.1. The lowest BCUT2D eigenvalue weighted by Crippen LogP contribution is -2.74. The van der Waals surface area contributed by atoms with E-state index < -0.39 is 63.5 Å². The molecule has 87 heavy (non-hydrogen) atoms. The minimum Gasteiger partial charge on any atom is -0.396 e. The summed E-state index contributed by atoms with van der Waals surface area (Å²) in [5, 5.41) is 91.4. The predicted octanol–water partition coefficient (Wildman–Crippen LogP) is 9.42. The number of fused-ring (bicyclic) bond motifs is 12. The average molecular weight is 1230 g/mol. The largest absolute Gasteiger partial charge is 0.396 e. The molecule has 21 atom stereocenters. The van der Waals surface area contributed by atoms with Gasteiger partial charge in [0.25, 0.3) is 0 Å². The van der Waals surface area contributed by atoms with Gasteiger partial charge in [-0.15, -0.1) is 0 Å². The van der Waals surface area contributed by atoms with Crippen LogP contribution in [0.2, 0.25) is 0 Å². The summed E-state index contributed by atoms with van der Waals surface area (Å²) < 4.78 is 1.91. The molecular weight excluding hydrogens is 1130 g/mol. The van der Waals surface area contributed by atoms with E-state index in [9.17, 15) is 25.5 Å². The fourth-order valence-electron chi connectivity index (χ4n) is 26.9. The molecule has 2 aliphatic heterocycles. The Labute approximate surface area is 526 Å². The van der Waals surface area contributed by atoms with Crippen molar-refractivity contribution in [1.82, 2.24) is 25.5 Å². The first-order chi connectivity index (χ1) is 42.0. The summed E-state index contributed by atoms with van der Waals surface area (Å²) >= 11 is 0. The lowest BCUT2D eigenvalue weighted by molar-refractivity contribution is -0.233. The minimum absolute atomic E-state index is 0.0194. The Morgan fingerprint density at radius 1 is 0.885 bits per heavy atom. The highest BCUT2D eigenvalue weighted by molar-refractivity contribution is 8.77. The first-order valence-corrected chi connectivity index (χ1v) is 37.8. The first-order valence-electron chi connectivity index (χ1n) is 35.4. The zero-order valence-corrected chi connectivity index (χ0v) is 54.6. The van der Waals surface area contributed by atoms with Crippen LogP contribution in [0.3, 0.4) is 0 Å². The van der Waals surface area contributed by atoms with Crippen LogP contribution < -0.4 is 21.7 Å². The van der Waals surface area contributed by atoms with Gasteiger partial charge in [-0.1, -0.05) is 96.3 Å². The lowest BCUT2D eigenvalue weighted by atomic mass is 9.35. The van der Waals surface area contributed by atoms with Crippen molar-refractivity contribution in [3.05, 3.63) is 52.7 Å². The van der Waals surface area contributed by atoms with E-state index in [2.05, 4.69) is 51.4 Å². The highest BCUT2D eigenvalue weighted by Gasteiger charge is 2.83. The molecule has 2 saturated heterocycles. The van der Waals surface area contributed by atoms with Gasteiger partial charge in [-0.2, -0.15) is 0 Å². The topological polar surface area (TPSA) is 231 Å². The highest BCUT2D eigenvalue weighted by Crippen LogP contribution is 2.83. The maximum atomic E-state index is 16.6. The van der Waals surface area contributed by atoms with Crippen LogP contribution >= 0.6 is 21.6 Å². The van der Waals surface area contributed by atoms with Gasteiger partial charge in [-0.05, 0) is 230 Å². The van der Waals surface area contributed by atoms with E-state index in [0.717, 1.165) is 134 Å². The molecule has 11 N–H and O–H groups in total. The molecular formula is C71H107N7O7S2. The monoisotopic (exact) mass is 1230 g/mol. The van der Waals surface area contributed by atoms with Gasteiger partial charge < -0.3 is 56.9 Å². The number of aliphatic hydroxyl groups is 6. The molecule has 4 bridgehead atoms. The zero-order chi connectivity index (χ0) is 60.2. The molecule has 3 heterocycles. The van der Waals surface area contributed by atoms with Crippen molar-refractivity contribution in [1.29, 1.82) is 0 Å². The zero-order valence-electron chi connectivity index (χ0n) is 52.9. The van der Waals surface area contributed by atoms with Gasteiger partial charge in [0, 0.05) is 77.0 Å². The number of aliphatic imine (C=N–C) groups is 1. The number of nitrogens with two attached hydrogens (primary N) is 1. The Morgan fingerprint density at radius 2 is 1.66 bits per heavy atom. The molecule has 480 valence electrons. The summed E-state index contributed by atoms with van der Waals surface area (Å²) in [4.78, 5) is 26.7. The van der Waals surface area contributed by atoms with E-state index in [4.69, 9.17) is 15.7 Å². The Balaban J connectivity index is 1.03. The number of ketones is 1. The SMILES string of the molecule is CNCC1C(O)C(O)CC2(C3CCCCC3)C1C(=O)C=C1C2C(CN=C(N)NC(C)O)C2CCC3C4CCCC5=C4C4C(=C6CCCC7(CCCC7)C56)C(C)(C)CC(n5ccnc5)CSSC5(CCCC56CCNCC6)C5CC(C3C4O)C2(CO)C15O. The quantitative estimate of drug-likeness (QED) is 0.0385. The van der Waals surface area contributed by atoms with Gasteiger partial charge in [0.15, 0.2) is 11.7 Å². The number of nitrogens with one attached hydrogen (secondary N) is 3. The fraction of sp³-hybridized carbons (Fsp3) is 0.845. The normalized spacial score (nSPS) is 46.7. The molecule has 14 nitrogen and oxygen atoms in total. The van der Waals surface area contributed by atoms with Gasteiger partial charge >= 0.3 is 0 Å². The standard InChI is InChI=1S/C71H107N7O7S2/c1-40(80)77-64(72)76-36-47-49-19-18-44-43-15-10-16-45-55(43)57-61(46-17-11-22-66(58(45)46)20-8-9-21-66)65(2,3)33-42(78-30-29-75-39-78)37-86-87-70(24-12-23-67(70)25-27-74-28-26-67)54-32-50(56(44)63(57)84)69(49,38-79)71(54,85)51-31-52(81)60-48(35-73-4)62(83)53(82)34-68(60,59(47)51)41-13-6-5-7-14-41/h29-31,39-44,47-50,53-54,56-60,62-63,73-74,79-80,82-85H,5-28,32-38H2,1-4H3,(H3,72,76,77). The molecule has 9 saturated carbocycles. The molecule has 3 spiro atoms. The Hall–Kier alpha value is -2.25. The minimum atomic E-state index is -1.70. The number of aliphatic hydroxyl groups excluding tert-OH is 5. The third-order valence-corrected chi connectivity index (χ3v) is 32.6. The van der Waals surface area contributed by atoms with Crippen molar-refractivity contribution in [2.45, 2.75) is 222 Å². The summed E-state index contributed by atoms with van der Waals surface area (Å²) in [6, 6.07) is 0.114. The summed E-state index contributed by atoms with van der Waals surface area (Å²) in [5.74, 6) is -1.61. The van der Waals surface area contributed by atoms with Crippen LogP contribution in [0.4, 0.5) is 0 Å². The number of rotatable bonds is 8. The molecule has 0 radical (unpaired) electrons. The lowest BCUT2D eigenvalue weighted by Gasteiger charge is -2.70. The number of nitrogens with zero attached hydrogens (tertiary/aromatic N) is 3. The van der Waals surface area contributed by atoms with Gasteiger partial charge in [-0.25, -0.2) is 4.98 Å². The van der Waals surface area contributed by atoms with Crippen LogP contribution in [-0.2, 0) is 4.79 Å². The molecule has 1 aromatic heterocycles. The molecule has 21 unspecified atom stereocenters. The Kier molecular flexibility index (Phi) is 15.7. The molecule has 16 heteroatoms. The van der Waals surface area contributed by atoms with Gasteiger partial charge in [0.2, 0.25) is 0 Å². The van der Waals surface area contributed by atoms with E-state index in [0.29, 0.717) is 18.9 Å². The van der Waals surface area contributed by atoms with Crippen LogP contribution in [0.5, 0.6) is 0 Å². The molecule has 12 aliphatic carbocycles. The fourth-order valence-corrected chi connectivity index (χ4v) is 31.1. The van der Waals surface area contributed by atoms with E-state index in [1.54, 1.807) is 23.6 Å². The number of allylic oxidation sites excluding steroid dienone is 3. The van der Waals surface area contributed by atoms with Crippen molar-refractivity contribution in [2.24, 2.45) is 115 Å². The van der Waals surface area contributed by atoms with Crippen LogP contribution in [0, 0.1) is 104 Å². The average Bonchev–Trinajstić information content (AvgIpc) is 1.56. The molecule has 0 aromatic carbocycles. The smallest absolute Gasteiger partial charge is 0.190 e. The van der Waals surface area contributed by atoms with Crippen LogP contribution in [0.1, 0.15) is 187 Å². The summed E-state index contributed by atoms with van der Waals surface area (Å²) in [5.41, 5.74) is 10.2. The number of carbonyl (C=O) groups excluding carboxylic acids is 1. The summed E-state index contributed by atoms with van der Waals surface area (Å²) in [6.07, 6.45) is 29.6. The molecule has 15 rings (SSSR count). The highest BCUT2D eigenvalue weighted by atomic mass is 33.1. The summed E-state index contributed by atoms with van der Waals surface area (Å²) in [6.45, 7) is 8.87. The van der Waals surface area contributed by atoms with Gasteiger partial charge in [-0.3, -0.25) is 9.79 Å². The van der Waals surface area contributed by atoms with Crippen LogP contribution in [-0.4, -0.2) is 132 Å². The van der Waals surface area contributed by atoms with Crippen molar-refractivity contribution in [3.63, 3.8) is 0 Å². The van der Waals surface area contributed by atoms with Crippen molar-refractivity contribution in [2.75, 3.05) is 45.6 Å². The summed E-state index contributed by atoms with van der Waals surface area (Å²) in [7, 11) is 5.99. The Bertz CT molecular complexity index is 2910. The number of piperidine rings is 1. The van der Waals surface area contributed by atoms with Crippen molar-refractivity contribution < 1.29 is 35.4 Å². The van der Waals surface area contributed by atoms with E-state index in [1.807, 2.05) is 36.4 Å². The van der Waals surface area contributed by atoms with Gasteiger partial charge in [0.1, 0.15) is 6.23 Å². The van der Waals surface area contributed by atoms with E-state index >= 15 is 9.90 Å². The number of aromatic nitrogens is 2. The Morgan fingerprint density at radius 3 is 2.39 bits per heavy atom. The van der Waals surface area contributed by atoms with Crippen LogP contribution in [0.15, 0.2) is 57.7 Å². The van der Waals surface area contributed by atoms with E-state index in [-0.39, 0.29) is 107 Å². The number of guanidine groups is 1. The van der Waals surface area contributed by atoms with Crippen LogP contribution in [0.25, 0.3) is 0 Å². The predicted molar refractivity (Wildman–Crippen MR) is 344 cm³/mol. The number of imidazole rings is 1. The second kappa shape index (κ2) is 22.5. The van der Waals surface area contributed by atoms with Crippen molar-refractivity contribution >= 4 is 33.3 Å². The number of hydrogen-bond acceptors (Lipinski definition) is 13. The first kappa shape index (κ1) is 61.0. The third kappa shape index (κ3) is 8.56. The molecule has 0 amide bonds. The molecule has 11 fully saturated rings. The molecule has 14 aliphatic rings. The second-order valence-corrected chi connectivity index (χ2v) is 35.2. The maximum Gasteiger partial charge on any atom is 0.190 e. The van der Waals surface area contributed by atoms with Gasteiger partial charge in [0.05, 0.1) is 36.8 Å². The maximum absolute atomic E-state index is 16.6. The van der Waals surface area contributed by atoms with Crippen molar-refractivity contribution in [3.8, 4) is 0 Å². The number of hydrogen-bond donors (Lipinski definition) is 10. The van der Waals surface area contributed by atoms with E-state index in [1.165, 1.54) is 44.1 Å². The molecule has 1 aromatic rings.